The van der Waals surface area contributed by atoms with Crippen molar-refractivity contribution in [2.75, 3.05) is 6.61 Å². The third-order valence-electron chi connectivity index (χ3n) is 1.48. The van der Waals surface area contributed by atoms with E-state index < -0.39 is 0 Å². The average Bonchev–Trinajstić information content (AvgIpc) is 2.79. The molecule has 2 aromatic rings. The zero-order chi connectivity index (χ0) is 11.4. The van der Waals surface area contributed by atoms with Gasteiger partial charge in [0, 0.05) is 0 Å². The van der Waals surface area contributed by atoms with E-state index in [4.69, 9.17) is 22.8 Å². The smallest absolute Gasteiger partial charge is 0.323 e. The monoisotopic (exact) mass is 236 g/mol. The van der Waals surface area contributed by atoms with Gasteiger partial charge in [-0.2, -0.15) is 24.7 Å². The molecule has 0 aliphatic rings. The number of hydrogen-bond donors (Lipinski definition) is 0. The average molecular weight is 237 g/mol. The molecular weight excluding hydrogens is 232 g/mol. The second kappa shape index (κ2) is 4.55. The summed E-state index contributed by atoms with van der Waals surface area (Å²) in [7, 11) is 0. The first-order chi connectivity index (χ1) is 7.79. The Bertz CT molecular complexity index is 520. The highest BCUT2D eigenvalue weighted by molar-refractivity contribution is 6.28. The largest absolute Gasteiger partial charge is 0.450 e. The van der Waals surface area contributed by atoms with Crippen molar-refractivity contribution in [2.24, 2.45) is 0 Å². The first-order valence-electron chi connectivity index (χ1n) is 4.12. The predicted molar refractivity (Wildman–Crippen MR) is 54.1 cm³/mol. The molecule has 0 atom stereocenters. The summed E-state index contributed by atoms with van der Waals surface area (Å²) in [6, 6.07) is 0.0449. The lowest BCUT2D eigenvalue weighted by Crippen LogP contribution is -2.07. The molecule has 0 aliphatic carbocycles. The van der Waals surface area contributed by atoms with Crippen molar-refractivity contribution in [1.82, 2.24) is 29.7 Å². The van der Waals surface area contributed by atoms with Crippen LogP contribution >= 0.6 is 11.6 Å². The molecule has 7 nitrogen and oxygen atoms in total. The SMILES string of the molecule is C#CCOc1nc(Cl)nc(-n2cncn2)n1. The van der Waals surface area contributed by atoms with Crippen LogP contribution in [-0.2, 0) is 0 Å². The third-order valence-corrected chi connectivity index (χ3v) is 1.65. The first-order valence-corrected chi connectivity index (χ1v) is 4.50. The van der Waals surface area contributed by atoms with Crippen LogP contribution in [-0.4, -0.2) is 36.3 Å². The van der Waals surface area contributed by atoms with Crippen molar-refractivity contribution >= 4 is 11.6 Å². The van der Waals surface area contributed by atoms with Gasteiger partial charge in [-0.3, -0.25) is 0 Å². The van der Waals surface area contributed by atoms with Crippen LogP contribution < -0.4 is 4.74 Å². The van der Waals surface area contributed by atoms with Gasteiger partial charge in [0.2, 0.25) is 5.28 Å². The first kappa shape index (κ1) is 10.3. The quantitative estimate of drug-likeness (QED) is 0.705. The van der Waals surface area contributed by atoms with Crippen LogP contribution in [0.3, 0.4) is 0 Å². The molecule has 80 valence electrons. The summed E-state index contributed by atoms with van der Waals surface area (Å²) in [5.74, 6) is 2.50. The van der Waals surface area contributed by atoms with E-state index in [0.717, 1.165) is 0 Å². The van der Waals surface area contributed by atoms with Crippen LogP contribution in [0.25, 0.3) is 5.95 Å². The Morgan fingerprint density at radius 2 is 2.31 bits per heavy atom. The number of ether oxygens (including phenoxy) is 1. The van der Waals surface area contributed by atoms with E-state index >= 15 is 0 Å². The lowest BCUT2D eigenvalue weighted by Gasteiger charge is -2.02. The van der Waals surface area contributed by atoms with Crippen molar-refractivity contribution in [2.45, 2.75) is 0 Å². The van der Waals surface area contributed by atoms with Gasteiger partial charge in [0.15, 0.2) is 6.61 Å². The van der Waals surface area contributed by atoms with Gasteiger partial charge in [0.25, 0.3) is 5.95 Å². The number of aromatic nitrogens is 6. The predicted octanol–water partition coefficient (Wildman–Crippen LogP) is 0.118. The standard InChI is InChI=1S/C8H5ClN6O/c1-2-3-16-8-13-6(9)12-7(14-8)15-5-10-4-11-15/h1,4-5H,3H2. The molecule has 0 unspecified atom stereocenters. The molecule has 0 saturated carbocycles. The number of halogens is 1. The van der Waals surface area contributed by atoms with Crippen molar-refractivity contribution in [3.63, 3.8) is 0 Å². The molecule has 0 amide bonds. The van der Waals surface area contributed by atoms with Gasteiger partial charge >= 0.3 is 6.01 Å². The summed E-state index contributed by atoms with van der Waals surface area (Å²) in [4.78, 5) is 15.3. The summed E-state index contributed by atoms with van der Waals surface area (Å²) in [6.45, 7) is 0.0527. The van der Waals surface area contributed by atoms with E-state index in [0.29, 0.717) is 0 Å². The van der Waals surface area contributed by atoms with Crippen LogP contribution in [0.5, 0.6) is 6.01 Å². The molecule has 0 spiro atoms. The Labute approximate surface area is 95.5 Å². The number of nitrogens with zero attached hydrogens (tertiary/aromatic N) is 6. The topological polar surface area (TPSA) is 78.6 Å². The molecule has 0 fully saturated rings. The lowest BCUT2D eigenvalue weighted by atomic mass is 10.7. The van der Waals surface area contributed by atoms with Crippen molar-refractivity contribution in [1.29, 1.82) is 0 Å². The summed E-state index contributed by atoms with van der Waals surface area (Å²) in [5.41, 5.74) is 0. The van der Waals surface area contributed by atoms with Crippen molar-refractivity contribution in [3.05, 3.63) is 17.9 Å². The van der Waals surface area contributed by atoms with Crippen LogP contribution in [0.2, 0.25) is 5.28 Å². The second-order valence-corrected chi connectivity index (χ2v) is 2.86. The van der Waals surface area contributed by atoms with E-state index in [-0.39, 0.29) is 23.8 Å². The van der Waals surface area contributed by atoms with Gasteiger partial charge in [-0.1, -0.05) is 5.92 Å². The van der Waals surface area contributed by atoms with Gasteiger partial charge in [0.1, 0.15) is 12.7 Å². The number of hydrogen-bond acceptors (Lipinski definition) is 6. The Morgan fingerprint density at radius 1 is 1.44 bits per heavy atom. The highest BCUT2D eigenvalue weighted by Crippen LogP contribution is 2.09. The molecule has 0 bridgehead atoms. The van der Waals surface area contributed by atoms with Crippen molar-refractivity contribution in [3.8, 4) is 24.3 Å². The molecular formula is C8H5ClN6O. The summed E-state index contributed by atoms with van der Waals surface area (Å²) in [5, 5.41) is 3.84. The van der Waals surface area contributed by atoms with E-state index in [2.05, 4.69) is 31.0 Å². The van der Waals surface area contributed by atoms with E-state index in [1.807, 2.05) is 0 Å². The maximum absolute atomic E-state index is 5.69. The van der Waals surface area contributed by atoms with E-state index in [9.17, 15) is 0 Å². The summed E-state index contributed by atoms with van der Waals surface area (Å²) in [6.07, 6.45) is 7.81. The molecule has 0 aromatic carbocycles. The third kappa shape index (κ3) is 2.24. The minimum Gasteiger partial charge on any atom is -0.450 e. The Kier molecular flexibility index (Phi) is 2.93. The minimum absolute atomic E-state index is 0.00692. The van der Waals surface area contributed by atoms with Crippen LogP contribution in [0, 0.1) is 12.3 Å². The Morgan fingerprint density at radius 3 is 3.00 bits per heavy atom. The van der Waals surface area contributed by atoms with Gasteiger partial charge in [-0.05, 0) is 11.6 Å². The van der Waals surface area contributed by atoms with Gasteiger partial charge in [-0.15, -0.1) is 6.42 Å². The maximum atomic E-state index is 5.69. The molecule has 8 heteroatoms. The summed E-state index contributed by atoms with van der Waals surface area (Å²) >= 11 is 5.69. The van der Waals surface area contributed by atoms with E-state index in [1.165, 1.54) is 17.3 Å². The fraction of sp³-hybridized carbons (Fsp3) is 0.125. The normalized spacial score (nSPS) is 9.75. The molecule has 0 saturated heterocycles. The fourth-order valence-electron chi connectivity index (χ4n) is 0.907. The Hall–Kier alpha value is -2.20. The highest BCUT2D eigenvalue weighted by Gasteiger charge is 2.07. The lowest BCUT2D eigenvalue weighted by molar-refractivity contribution is 0.337. The van der Waals surface area contributed by atoms with Gasteiger partial charge in [0.05, 0.1) is 0 Å². The van der Waals surface area contributed by atoms with Crippen molar-refractivity contribution < 1.29 is 4.74 Å². The van der Waals surface area contributed by atoms with Crippen LogP contribution in [0.1, 0.15) is 0 Å². The fourth-order valence-corrected chi connectivity index (χ4v) is 1.05. The highest BCUT2D eigenvalue weighted by atomic mass is 35.5. The Balaban J connectivity index is 2.33. The zero-order valence-corrected chi connectivity index (χ0v) is 8.66. The minimum atomic E-state index is -0.00692. The van der Waals surface area contributed by atoms with E-state index in [1.54, 1.807) is 0 Å². The zero-order valence-electron chi connectivity index (χ0n) is 7.91. The molecule has 2 aromatic heterocycles. The van der Waals surface area contributed by atoms with Gasteiger partial charge < -0.3 is 4.74 Å². The summed E-state index contributed by atoms with van der Waals surface area (Å²) < 4.78 is 6.36. The molecule has 2 heterocycles. The number of rotatable bonds is 3. The second-order valence-electron chi connectivity index (χ2n) is 2.52. The molecule has 0 radical (unpaired) electrons. The van der Waals surface area contributed by atoms with Gasteiger partial charge in [-0.25, -0.2) is 4.98 Å². The molecule has 2 rings (SSSR count). The molecule has 16 heavy (non-hydrogen) atoms. The number of terminal acetylenes is 1. The maximum Gasteiger partial charge on any atom is 0.323 e. The van der Waals surface area contributed by atoms with Crippen LogP contribution in [0.4, 0.5) is 0 Å². The molecule has 0 aliphatic heterocycles. The molecule has 0 N–H and O–H groups in total. The van der Waals surface area contributed by atoms with Crippen LogP contribution in [0.15, 0.2) is 12.7 Å².